The van der Waals surface area contributed by atoms with Gasteiger partial charge in [-0.25, -0.2) is 0 Å². The van der Waals surface area contributed by atoms with Crippen LogP contribution in [0.3, 0.4) is 0 Å². The molecule has 0 saturated carbocycles. The SMILES string of the molecule is C=CCCCCCC(NC)c1cc(Cl)ccc1C. The van der Waals surface area contributed by atoms with E-state index in [1.807, 2.05) is 19.2 Å². The summed E-state index contributed by atoms with van der Waals surface area (Å²) in [6.07, 6.45) is 8.04. The van der Waals surface area contributed by atoms with Crippen LogP contribution in [0.25, 0.3) is 0 Å². The Morgan fingerprint density at radius 2 is 2.11 bits per heavy atom. The quantitative estimate of drug-likeness (QED) is 0.513. The molecule has 18 heavy (non-hydrogen) atoms. The number of nitrogens with one attached hydrogen (secondary N) is 1. The van der Waals surface area contributed by atoms with Gasteiger partial charge in [0.25, 0.3) is 0 Å². The Labute approximate surface area is 116 Å². The van der Waals surface area contributed by atoms with Crippen molar-refractivity contribution in [3.05, 3.63) is 47.0 Å². The van der Waals surface area contributed by atoms with Crippen LogP contribution in [-0.4, -0.2) is 7.05 Å². The van der Waals surface area contributed by atoms with Crippen LogP contribution in [-0.2, 0) is 0 Å². The van der Waals surface area contributed by atoms with E-state index in [-0.39, 0.29) is 0 Å². The minimum Gasteiger partial charge on any atom is -0.313 e. The summed E-state index contributed by atoms with van der Waals surface area (Å²) in [6.45, 7) is 5.90. The minimum atomic E-state index is 0.410. The van der Waals surface area contributed by atoms with Crippen molar-refractivity contribution in [1.82, 2.24) is 5.32 Å². The fourth-order valence-electron chi connectivity index (χ4n) is 2.26. The maximum absolute atomic E-state index is 6.08. The second-order valence-electron chi connectivity index (χ2n) is 4.77. The van der Waals surface area contributed by atoms with Crippen molar-refractivity contribution in [3.8, 4) is 0 Å². The van der Waals surface area contributed by atoms with Crippen LogP contribution in [0.2, 0.25) is 5.02 Å². The minimum absolute atomic E-state index is 0.410. The lowest BCUT2D eigenvalue weighted by atomic mass is 9.96. The number of unbranched alkanes of at least 4 members (excludes halogenated alkanes) is 3. The summed E-state index contributed by atoms with van der Waals surface area (Å²) in [5.74, 6) is 0. The average Bonchev–Trinajstić information content (AvgIpc) is 2.37. The number of halogens is 1. The van der Waals surface area contributed by atoms with Gasteiger partial charge < -0.3 is 5.32 Å². The monoisotopic (exact) mass is 265 g/mol. The first-order valence-corrected chi connectivity index (χ1v) is 7.11. The van der Waals surface area contributed by atoms with Gasteiger partial charge in [-0.05, 0) is 56.5 Å². The van der Waals surface area contributed by atoms with Crippen LogP contribution in [0, 0.1) is 6.92 Å². The molecule has 0 spiro atoms. The van der Waals surface area contributed by atoms with Crippen molar-refractivity contribution >= 4 is 11.6 Å². The lowest BCUT2D eigenvalue weighted by Gasteiger charge is -2.19. The summed E-state index contributed by atoms with van der Waals surface area (Å²) in [4.78, 5) is 0. The maximum atomic E-state index is 6.08. The third-order valence-electron chi connectivity index (χ3n) is 3.37. The topological polar surface area (TPSA) is 12.0 Å². The van der Waals surface area contributed by atoms with Crippen molar-refractivity contribution in [3.63, 3.8) is 0 Å². The molecule has 1 N–H and O–H groups in total. The second-order valence-corrected chi connectivity index (χ2v) is 5.21. The fraction of sp³-hybridized carbons (Fsp3) is 0.500. The molecule has 0 aliphatic rings. The Bertz CT molecular complexity index is 373. The number of rotatable bonds is 8. The van der Waals surface area contributed by atoms with Crippen LogP contribution in [0.4, 0.5) is 0 Å². The standard InChI is InChI=1S/C16H24ClN/c1-4-5-6-7-8-9-16(18-3)15-12-14(17)11-10-13(15)2/h4,10-12,16,18H,1,5-9H2,2-3H3. The number of aryl methyl sites for hydroxylation is 1. The molecule has 1 rings (SSSR count). The average molecular weight is 266 g/mol. The van der Waals surface area contributed by atoms with E-state index < -0.39 is 0 Å². The Kier molecular flexibility index (Phi) is 7.07. The van der Waals surface area contributed by atoms with Gasteiger partial charge in [0.15, 0.2) is 0 Å². The van der Waals surface area contributed by atoms with Gasteiger partial charge in [0, 0.05) is 11.1 Å². The van der Waals surface area contributed by atoms with E-state index in [1.54, 1.807) is 0 Å². The van der Waals surface area contributed by atoms with Gasteiger partial charge >= 0.3 is 0 Å². The molecule has 1 atom stereocenters. The van der Waals surface area contributed by atoms with Crippen LogP contribution in [0.5, 0.6) is 0 Å². The van der Waals surface area contributed by atoms with Crippen molar-refractivity contribution in [1.29, 1.82) is 0 Å². The zero-order chi connectivity index (χ0) is 13.4. The molecule has 0 fully saturated rings. The van der Waals surface area contributed by atoms with E-state index in [0.717, 1.165) is 17.9 Å². The molecule has 0 aliphatic heterocycles. The number of benzene rings is 1. The first-order valence-electron chi connectivity index (χ1n) is 6.73. The van der Waals surface area contributed by atoms with Crippen LogP contribution >= 0.6 is 11.6 Å². The van der Waals surface area contributed by atoms with Crippen molar-refractivity contribution in [2.75, 3.05) is 7.05 Å². The molecule has 2 heteroatoms. The molecular weight excluding hydrogens is 242 g/mol. The molecule has 100 valence electrons. The molecule has 1 aromatic rings. The van der Waals surface area contributed by atoms with E-state index in [1.165, 1.54) is 30.4 Å². The van der Waals surface area contributed by atoms with E-state index >= 15 is 0 Å². The van der Waals surface area contributed by atoms with Gasteiger partial charge in [-0.2, -0.15) is 0 Å². The number of hydrogen-bond acceptors (Lipinski definition) is 1. The predicted molar refractivity (Wildman–Crippen MR) is 81.3 cm³/mol. The summed E-state index contributed by atoms with van der Waals surface area (Å²) < 4.78 is 0. The summed E-state index contributed by atoms with van der Waals surface area (Å²) in [6, 6.07) is 6.55. The molecule has 1 nitrogen and oxygen atoms in total. The number of allylic oxidation sites excluding steroid dienone is 1. The van der Waals surface area contributed by atoms with Crippen LogP contribution < -0.4 is 5.32 Å². The highest BCUT2D eigenvalue weighted by atomic mass is 35.5. The molecule has 0 bridgehead atoms. The highest BCUT2D eigenvalue weighted by Gasteiger charge is 2.11. The molecule has 0 radical (unpaired) electrons. The smallest absolute Gasteiger partial charge is 0.0409 e. The Morgan fingerprint density at radius 3 is 2.78 bits per heavy atom. The first kappa shape index (κ1) is 15.3. The summed E-state index contributed by atoms with van der Waals surface area (Å²) in [7, 11) is 2.02. The Morgan fingerprint density at radius 1 is 1.33 bits per heavy atom. The van der Waals surface area contributed by atoms with Gasteiger partial charge in [-0.3, -0.25) is 0 Å². The molecular formula is C16H24ClN. The second kappa shape index (κ2) is 8.34. The van der Waals surface area contributed by atoms with Crippen LogP contribution in [0.15, 0.2) is 30.9 Å². The maximum Gasteiger partial charge on any atom is 0.0409 e. The first-order chi connectivity index (χ1) is 8.69. The molecule has 0 aromatic heterocycles. The number of hydrogen-bond donors (Lipinski definition) is 1. The summed E-state index contributed by atoms with van der Waals surface area (Å²) >= 11 is 6.08. The molecule has 1 aromatic carbocycles. The van der Waals surface area contributed by atoms with Crippen molar-refractivity contribution in [2.24, 2.45) is 0 Å². The fourth-order valence-corrected chi connectivity index (χ4v) is 2.44. The normalized spacial score (nSPS) is 12.4. The van der Waals surface area contributed by atoms with E-state index in [2.05, 4.69) is 31.0 Å². The van der Waals surface area contributed by atoms with Crippen molar-refractivity contribution < 1.29 is 0 Å². The largest absolute Gasteiger partial charge is 0.313 e. The zero-order valence-corrected chi connectivity index (χ0v) is 12.3. The third kappa shape index (κ3) is 4.83. The Balaban J connectivity index is 2.54. The lowest BCUT2D eigenvalue weighted by Crippen LogP contribution is -2.17. The molecule has 0 saturated heterocycles. The molecule has 0 heterocycles. The molecule has 0 aliphatic carbocycles. The predicted octanol–water partition coefficient (Wildman–Crippen LogP) is 5.05. The lowest BCUT2D eigenvalue weighted by molar-refractivity contribution is 0.506. The highest BCUT2D eigenvalue weighted by molar-refractivity contribution is 6.30. The van der Waals surface area contributed by atoms with E-state index in [0.29, 0.717) is 6.04 Å². The van der Waals surface area contributed by atoms with Gasteiger partial charge in [-0.15, -0.1) is 6.58 Å². The molecule has 1 unspecified atom stereocenters. The van der Waals surface area contributed by atoms with Gasteiger partial charge in [-0.1, -0.05) is 36.6 Å². The highest BCUT2D eigenvalue weighted by Crippen LogP contribution is 2.25. The zero-order valence-electron chi connectivity index (χ0n) is 11.5. The third-order valence-corrected chi connectivity index (χ3v) is 3.60. The van der Waals surface area contributed by atoms with Gasteiger partial charge in [0.05, 0.1) is 0 Å². The van der Waals surface area contributed by atoms with Gasteiger partial charge in [0.1, 0.15) is 0 Å². The molecule has 0 amide bonds. The van der Waals surface area contributed by atoms with Gasteiger partial charge in [0.2, 0.25) is 0 Å². The summed E-state index contributed by atoms with van der Waals surface area (Å²) in [5, 5.41) is 4.22. The summed E-state index contributed by atoms with van der Waals surface area (Å²) in [5.41, 5.74) is 2.64. The van der Waals surface area contributed by atoms with Crippen LogP contribution in [0.1, 0.15) is 49.3 Å². The van der Waals surface area contributed by atoms with Crippen molar-refractivity contribution in [2.45, 2.75) is 45.1 Å². The Hall–Kier alpha value is -0.790. The van der Waals surface area contributed by atoms with E-state index in [9.17, 15) is 0 Å². The van der Waals surface area contributed by atoms with E-state index in [4.69, 9.17) is 11.6 Å².